The van der Waals surface area contributed by atoms with Crippen LogP contribution in [0.3, 0.4) is 0 Å². The molecule has 0 bridgehead atoms. The number of aliphatic hydroxyl groups is 3. The molecular weight excluding hydrogens is 272 g/mol. The zero-order valence-corrected chi connectivity index (χ0v) is 12.9. The van der Waals surface area contributed by atoms with Gasteiger partial charge in [-0.3, -0.25) is 4.79 Å². The molecule has 1 fully saturated rings. The van der Waals surface area contributed by atoms with Crippen LogP contribution in [0.5, 0.6) is 0 Å². The maximum absolute atomic E-state index is 10.9. The van der Waals surface area contributed by atoms with Crippen molar-refractivity contribution in [1.82, 2.24) is 0 Å². The molecule has 1 aliphatic carbocycles. The molecule has 1 aliphatic rings. The first kappa shape index (κ1) is 18.0. The molecule has 0 heterocycles. The number of carboxylic acids is 1. The summed E-state index contributed by atoms with van der Waals surface area (Å²) < 4.78 is 0. The molecule has 0 aromatic carbocycles. The van der Waals surface area contributed by atoms with Crippen LogP contribution < -0.4 is 0 Å². The number of aliphatic carboxylic acids is 1. The highest BCUT2D eigenvalue weighted by molar-refractivity contribution is 5.67. The number of carboxylic acid groups (broad SMARTS) is 1. The Morgan fingerprint density at radius 3 is 2.52 bits per heavy atom. The van der Waals surface area contributed by atoms with E-state index in [9.17, 15) is 20.1 Å². The summed E-state index contributed by atoms with van der Waals surface area (Å²) in [6.45, 7) is 4.24. The van der Waals surface area contributed by atoms with E-state index in [0.29, 0.717) is 12.3 Å². The molecule has 0 aromatic heterocycles. The third-order valence-corrected chi connectivity index (χ3v) is 4.38. The lowest BCUT2D eigenvalue weighted by molar-refractivity contribution is -0.139. The van der Waals surface area contributed by atoms with Crippen molar-refractivity contribution in [2.24, 2.45) is 17.8 Å². The zero-order chi connectivity index (χ0) is 16.0. The SMILES string of the molecule is CCCCC(C)CC=C(O)[C@@H]1[C@@H](CC(=O)O)[C@@H](O)C[C@H]1O. The van der Waals surface area contributed by atoms with Gasteiger partial charge in [0.2, 0.25) is 0 Å². The highest BCUT2D eigenvalue weighted by Crippen LogP contribution is 2.39. The smallest absolute Gasteiger partial charge is 0.303 e. The summed E-state index contributed by atoms with van der Waals surface area (Å²) in [4.78, 5) is 10.9. The lowest BCUT2D eigenvalue weighted by atomic mass is 9.88. The fraction of sp³-hybridized carbons (Fsp3) is 0.812. The predicted molar refractivity (Wildman–Crippen MR) is 79.9 cm³/mol. The van der Waals surface area contributed by atoms with Crippen molar-refractivity contribution in [3.8, 4) is 0 Å². The molecule has 0 saturated heterocycles. The third kappa shape index (κ3) is 5.32. The van der Waals surface area contributed by atoms with Crippen molar-refractivity contribution in [1.29, 1.82) is 0 Å². The molecule has 1 unspecified atom stereocenters. The van der Waals surface area contributed by atoms with Crippen molar-refractivity contribution in [3.05, 3.63) is 11.8 Å². The van der Waals surface area contributed by atoms with Crippen LogP contribution in [0.4, 0.5) is 0 Å². The molecule has 4 N–H and O–H groups in total. The summed E-state index contributed by atoms with van der Waals surface area (Å²) in [5.41, 5.74) is 0. The number of rotatable bonds is 8. The first-order chi connectivity index (χ1) is 9.86. The minimum Gasteiger partial charge on any atom is -0.512 e. The van der Waals surface area contributed by atoms with E-state index in [0.717, 1.165) is 19.3 Å². The molecule has 21 heavy (non-hydrogen) atoms. The molecule has 0 spiro atoms. The van der Waals surface area contributed by atoms with Crippen molar-refractivity contribution in [2.45, 2.75) is 64.6 Å². The minimum absolute atomic E-state index is 0.0219. The maximum atomic E-state index is 10.9. The average molecular weight is 300 g/mol. The van der Waals surface area contributed by atoms with Gasteiger partial charge in [-0.2, -0.15) is 0 Å². The van der Waals surface area contributed by atoms with Gasteiger partial charge in [-0.25, -0.2) is 0 Å². The van der Waals surface area contributed by atoms with Crippen LogP contribution in [0.1, 0.15) is 52.4 Å². The molecular formula is C16H28O5. The lowest BCUT2D eigenvalue weighted by Crippen LogP contribution is -2.26. The Kier molecular flexibility index (Phi) is 7.18. The van der Waals surface area contributed by atoms with E-state index in [1.165, 1.54) is 0 Å². The van der Waals surface area contributed by atoms with Gasteiger partial charge in [0.05, 0.1) is 24.4 Å². The Morgan fingerprint density at radius 1 is 1.29 bits per heavy atom. The molecule has 1 rings (SSSR count). The Bertz CT molecular complexity index is 366. The Hall–Kier alpha value is -1.07. The molecule has 0 aromatic rings. The van der Waals surface area contributed by atoms with Gasteiger partial charge in [-0.05, 0) is 18.4 Å². The number of unbranched alkanes of at least 4 members (excludes halogenated alkanes) is 1. The van der Waals surface area contributed by atoms with E-state index in [-0.39, 0.29) is 18.6 Å². The fourth-order valence-electron chi connectivity index (χ4n) is 3.10. The third-order valence-electron chi connectivity index (χ3n) is 4.38. The number of allylic oxidation sites excluding steroid dienone is 1. The van der Waals surface area contributed by atoms with Crippen LogP contribution in [0, 0.1) is 17.8 Å². The number of hydrogen-bond donors (Lipinski definition) is 4. The summed E-state index contributed by atoms with van der Waals surface area (Å²) in [6, 6.07) is 0. The zero-order valence-electron chi connectivity index (χ0n) is 12.9. The molecule has 5 atom stereocenters. The van der Waals surface area contributed by atoms with Crippen molar-refractivity contribution in [2.75, 3.05) is 0 Å². The monoisotopic (exact) mass is 300 g/mol. The molecule has 0 aliphatic heterocycles. The topological polar surface area (TPSA) is 98.0 Å². The second kappa shape index (κ2) is 8.39. The molecule has 0 radical (unpaired) electrons. The molecule has 5 nitrogen and oxygen atoms in total. The second-order valence-electron chi connectivity index (χ2n) is 6.27. The van der Waals surface area contributed by atoms with Gasteiger partial charge in [0, 0.05) is 18.3 Å². The van der Waals surface area contributed by atoms with Crippen LogP contribution in [0.15, 0.2) is 11.8 Å². The van der Waals surface area contributed by atoms with Gasteiger partial charge in [-0.1, -0.05) is 33.1 Å². The van der Waals surface area contributed by atoms with E-state index >= 15 is 0 Å². The van der Waals surface area contributed by atoms with Gasteiger partial charge in [0.15, 0.2) is 0 Å². The van der Waals surface area contributed by atoms with Crippen LogP contribution in [0.2, 0.25) is 0 Å². The molecule has 5 heteroatoms. The van der Waals surface area contributed by atoms with Crippen molar-refractivity contribution < 1.29 is 25.2 Å². The molecule has 0 amide bonds. The van der Waals surface area contributed by atoms with Crippen molar-refractivity contribution in [3.63, 3.8) is 0 Å². The maximum Gasteiger partial charge on any atom is 0.303 e. The second-order valence-corrected chi connectivity index (χ2v) is 6.27. The van der Waals surface area contributed by atoms with Gasteiger partial charge in [-0.15, -0.1) is 0 Å². The van der Waals surface area contributed by atoms with Crippen LogP contribution in [0.25, 0.3) is 0 Å². The van der Waals surface area contributed by atoms with Crippen LogP contribution >= 0.6 is 0 Å². The summed E-state index contributed by atoms with van der Waals surface area (Å²) in [5.74, 6) is -1.86. The Balaban J connectivity index is 2.68. The van der Waals surface area contributed by atoms with E-state index in [1.54, 1.807) is 6.08 Å². The summed E-state index contributed by atoms with van der Waals surface area (Å²) >= 11 is 0. The van der Waals surface area contributed by atoms with Crippen molar-refractivity contribution >= 4 is 5.97 Å². The Morgan fingerprint density at radius 2 is 1.95 bits per heavy atom. The van der Waals surface area contributed by atoms with Gasteiger partial charge in [0.1, 0.15) is 0 Å². The highest BCUT2D eigenvalue weighted by atomic mass is 16.4. The van der Waals surface area contributed by atoms with Gasteiger partial charge < -0.3 is 20.4 Å². The van der Waals surface area contributed by atoms with Gasteiger partial charge >= 0.3 is 5.97 Å². The largest absolute Gasteiger partial charge is 0.512 e. The summed E-state index contributed by atoms with van der Waals surface area (Å²) in [7, 11) is 0. The van der Waals surface area contributed by atoms with E-state index in [4.69, 9.17) is 5.11 Å². The molecule has 122 valence electrons. The summed E-state index contributed by atoms with van der Waals surface area (Å²) in [6.07, 6.45) is 3.84. The number of hydrogen-bond acceptors (Lipinski definition) is 4. The van der Waals surface area contributed by atoms with Gasteiger partial charge in [0.25, 0.3) is 0 Å². The van der Waals surface area contributed by atoms with E-state index in [2.05, 4.69) is 13.8 Å². The normalized spacial score (nSPS) is 31.3. The number of aliphatic hydroxyl groups excluding tert-OH is 3. The van der Waals surface area contributed by atoms with Crippen LogP contribution in [-0.4, -0.2) is 38.6 Å². The average Bonchev–Trinajstić information content (AvgIpc) is 2.67. The minimum atomic E-state index is -1.03. The fourth-order valence-corrected chi connectivity index (χ4v) is 3.10. The standard InChI is InChI=1S/C16H28O5/c1-3-4-5-10(2)6-7-12(17)16-11(8-15(20)21)13(18)9-14(16)19/h7,10-11,13-14,16-19H,3-6,8-9H2,1-2H3,(H,20,21)/t10?,11-,13-,14+,16-/m0/s1. The molecule has 1 saturated carbocycles. The van der Waals surface area contributed by atoms with E-state index < -0.39 is 30.0 Å². The first-order valence-corrected chi connectivity index (χ1v) is 7.83. The summed E-state index contributed by atoms with van der Waals surface area (Å²) in [5, 5.41) is 38.9. The quantitative estimate of drug-likeness (QED) is 0.516. The lowest BCUT2D eigenvalue weighted by Gasteiger charge is -2.22. The first-order valence-electron chi connectivity index (χ1n) is 7.83. The van der Waals surface area contributed by atoms with E-state index in [1.807, 2.05) is 0 Å². The predicted octanol–water partition coefficient (Wildman–Crippen LogP) is 2.48. The Labute approximate surface area is 126 Å². The van der Waals surface area contributed by atoms with Crippen LogP contribution in [-0.2, 0) is 4.79 Å². The highest BCUT2D eigenvalue weighted by Gasteiger charge is 2.44. The number of carbonyl (C=O) groups is 1.